The molecule has 1 aromatic rings. The lowest BCUT2D eigenvalue weighted by molar-refractivity contribution is -0.173. The van der Waals surface area contributed by atoms with Crippen LogP contribution in [0.4, 0.5) is 0 Å². The van der Waals surface area contributed by atoms with Crippen molar-refractivity contribution in [2.45, 2.75) is 89.7 Å². The van der Waals surface area contributed by atoms with Gasteiger partial charge in [-0.2, -0.15) is 0 Å². The molecule has 1 heterocycles. The van der Waals surface area contributed by atoms with Gasteiger partial charge in [0.15, 0.2) is 0 Å². The highest BCUT2D eigenvalue weighted by Crippen LogP contribution is 2.58. The fraction of sp³-hybridized carbons (Fsp3) is 0.690. The van der Waals surface area contributed by atoms with Crippen LogP contribution >= 0.6 is 0 Å². The molecule has 1 amide bonds. The molecule has 8 nitrogen and oxygen atoms in total. The van der Waals surface area contributed by atoms with Crippen LogP contribution < -0.4 is 10.1 Å². The summed E-state index contributed by atoms with van der Waals surface area (Å²) in [6.07, 6.45) is 6.03. The third-order valence-corrected chi connectivity index (χ3v) is 7.85. The average molecular weight is 517 g/mol. The van der Waals surface area contributed by atoms with Crippen LogP contribution in [0.5, 0.6) is 5.75 Å². The van der Waals surface area contributed by atoms with Crippen LogP contribution in [-0.4, -0.2) is 71.2 Å². The van der Waals surface area contributed by atoms with E-state index in [1.54, 1.807) is 7.11 Å². The Morgan fingerprint density at radius 1 is 1.22 bits per heavy atom. The summed E-state index contributed by atoms with van der Waals surface area (Å²) in [6, 6.07) is 6.41. The van der Waals surface area contributed by atoms with Gasteiger partial charge >= 0.3 is 5.97 Å². The smallest absolute Gasteiger partial charge is 0.322 e. The summed E-state index contributed by atoms with van der Waals surface area (Å²) in [6.45, 7) is 9.58. The van der Waals surface area contributed by atoms with Gasteiger partial charge in [0.25, 0.3) is 0 Å². The van der Waals surface area contributed by atoms with Crippen molar-refractivity contribution in [2.75, 3.05) is 26.7 Å². The summed E-state index contributed by atoms with van der Waals surface area (Å²) in [5, 5.41) is 22.0. The van der Waals surface area contributed by atoms with Gasteiger partial charge < -0.3 is 20.3 Å². The van der Waals surface area contributed by atoms with E-state index in [1.165, 1.54) is 30.9 Å². The van der Waals surface area contributed by atoms with E-state index >= 15 is 0 Å². The van der Waals surface area contributed by atoms with Crippen LogP contribution in [0.3, 0.4) is 0 Å². The predicted molar refractivity (Wildman–Crippen MR) is 142 cm³/mol. The Morgan fingerprint density at radius 2 is 1.89 bits per heavy atom. The van der Waals surface area contributed by atoms with Gasteiger partial charge in [0.1, 0.15) is 18.1 Å². The van der Waals surface area contributed by atoms with E-state index in [2.05, 4.69) is 43.1 Å². The van der Waals surface area contributed by atoms with Crippen molar-refractivity contribution >= 4 is 17.7 Å². The predicted octanol–water partition coefficient (Wildman–Crippen LogP) is 3.33. The first-order chi connectivity index (χ1) is 17.4. The topological polar surface area (TPSA) is 116 Å². The van der Waals surface area contributed by atoms with Crippen LogP contribution in [0.15, 0.2) is 18.2 Å². The zero-order valence-electron chi connectivity index (χ0n) is 23.0. The number of carboxylic acids is 1. The molecule has 3 N–H and O–H groups in total. The SMILES string of the molecule is CC(=O)NCC(=O)O.CC(C)C.COc1ccc2c(c1)C13CCN(CC4CC4)C(C2)C1(O)CCC(=O)C3. The molecular formula is C29H44N2O6. The Kier molecular flexibility index (Phi) is 9.40. The summed E-state index contributed by atoms with van der Waals surface area (Å²) in [7, 11) is 1.68. The number of carbonyl (C=O) groups is 3. The Balaban J connectivity index is 0.000000268. The van der Waals surface area contributed by atoms with Crippen LogP contribution in [0.25, 0.3) is 0 Å². The molecule has 0 spiro atoms. The van der Waals surface area contributed by atoms with E-state index < -0.39 is 17.0 Å². The number of nitrogens with one attached hydrogen (secondary N) is 1. The van der Waals surface area contributed by atoms with E-state index in [0.717, 1.165) is 43.5 Å². The number of piperidine rings is 1. The number of carbonyl (C=O) groups excluding carboxylic acids is 2. The highest BCUT2D eigenvalue weighted by atomic mass is 16.5. The number of carboxylic acid groups (broad SMARTS) is 1. The molecule has 37 heavy (non-hydrogen) atoms. The lowest BCUT2D eigenvalue weighted by atomic mass is 9.49. The second-order valence-electron chi connectivity index (χ2n) is 11.7. The van der Waals surface area contributed by atoms with Crippen LogP contribution in [0.1, 0.15) is 77.3 Å². The first-order valence-corrected chi connectivity index (χ1v) is 13.5. The summed E-state index contributed by atoms with van der Waals surface area (Å²) < 4.78 is 5.46. The lowest BCUT2D eigenvalue weighted by Crippen LogP contribution is -2.73. The second-order valence-corrected chi connectivity index (χ2v) is 11.7. The monoisotopic (exact) mass is 516 g/mol. The van der Waals surface area contributed by atoms with Gasteiger partial charge in [-0.05, 0) is 73.7 Å². The minimum Gasteiger partial charge on any atom is -0.497 e. The van der Waals surface area contributed by atoms with Crippen LogP contribution in [0, 0.1) is 11.8 Å². The van der Waals surface area contributed by atoms with Gasteiger partial charge in [-0.15, -0.1) is 0 Å². The van der Waals surface area contributed by atoms with Crippen molar-refractivity contribution in [1.29, 1.82) is 0 Å². The average Bonchev–Trinajstić information content (AvgIpc) is 3.64. The molecule has 8 heteroatoms. The normalized spacial score (nSPS) is 28.0. The van der Waals surface area contributed by atoms with Gasteiger partial charge in [-0.1, -0.05) is 26.8 Å². The lowest BCUT2D eigenvalue weighted by Gasteiger charge is -2.63. The fourth-order valence-corrected chi connectivity index (χ4v) is 6.06. The molecule has 0 aromatic heterocycles. The molecule has 1 aromatic carbocycles. The second kappa shape index (κ2) is 11.9. The van der Waals surface area contributed by atoms with Gasteiger partial charge in [-0.3, -0.25) is 19.3 Å². The van der Waals surface area contributed by atoms with Crippen molar-refractivity contribution in [2.24, 2.45) is 11.8 Å². The van der Waals surface area contributed by atoms with Crippen molar-refractivity contribution in [1.82, 2.24) is 10.2 Å². The van der Waals surface area contributed by atoms with Crippen LogP contribution in [0.2, 0.25) is 0 Å². The molecule has 2 saturated carbocycles. The number of methoxy groups -OCH3 is 1. The van der Waals surface area contributed by atoms with E-state index in [0.29, 0.717) is 25.0 Å². The number of benzene rings is 1. The molecule has 3 fully saturated rings. The molecule has 4 aliphatic rings. The first kappa shape index (κ1) is 29.1. The molecule has 3 aliphatic carbocycles. The maximum atomic E-state index is 12.4. The van der Waals surface area contributed by atoms with Crippen molar-refractivity contribution < 1.29 is 29.3 Å². The van der Waals surface area contributed by atoms with Crippen LogP contribution in [-0.2, 0) is 26.2 Å². The van der Waals surface area contributed by atoms with Gasteiger partial charge in [0.05, 0.1) is 12.7 Å². The Morgan fingerprint density at radius 3 is 2.43 bits per heavy atom. The quantitative estimate of drug-likeness (QED) is 0.550. The first-order valence-electron chi connectivity index (χ1n) is 13.5. The molecule has 3 unspecified atom stereocenters. The van der Waals surface area contributed by atoms with Gasteiger partial charge in [-0.25, -0.2) is 0 Å². The number of likely N-dealkylation sites (tertiary alicyclic amines) is 1. The Labute approximate surface area is 220 Å². The van der Waals surface area contributed by atoms with Gasteiger partial charge in [0.2, 0.25) is 5.91 Å². The van der Waals surface area contributed by atoms with E-state index in [-0.39, 0.29) is 18.5 Å². The minimum atomic E-state index is -1.03. The number of amides is 1. The molecular weight excluding hydrogens is 472 g/mol. The van der Waals surface area contributed by atoms with Crippen molar-refractivity contribution in [3.8, 4) is 5.75 Å². The number of hydrogen-bond acceptors (Lipinski definition) is 6. The molecule has 1 saturated heterocycles. The Bertz CT molecular complexity index is 974. The largest absolute Gasteiger partial charge is 0.497 e. The van der Waals surface area contributed by atoms with Crippen molar-refractivity contribution in [3.05, 3.63) is 29.3 Å². The molecule has 3 atom stereocenters. The highest BCUT2D eigenvalue weighted by Gasteiger charge is 2.64. The maximum Gasteiger partial charge on any atom is 0.322 e. The summed E-state index contributed by atoms with van der Waals surface area (Å²) in [5.74, 6) is 1.42. The number of fused-ring (bicyclic) bond motifs is 1. The number of Topliss-reactive ketones (excluding diaryl/α,β-unsaturated/α-hetero) is 1. The number of rotatable bonds is 5. The maximum absolute atomic E-state index is 12.4. The number of nitrogens with zero attached hydrogens (tertiary/aromatic N) is 1. The number of aliphatic hydroxyl groups is 1. The van der Waals surface area contributed by atoms with E-state index in [9.17, 15) is 19.5 Å². The molecule has 206 valence electrons. The molecule has 0 radical (unpaired) electrons. The summed E-state index contributed by atoms with van der Waals surface area (Å²) in [4.78, 5) is 34.6. The number of ether oxygens (including phenoxy) is 1. The standard InChI is InChI=1S/C21H27NO3.C4H7NO3.C4H10/c1-25-17-5-4-15-10-19-21(24)7-6-16(23)12-20(21,18(15)11-17)8-9-22(19)13-14-2-3-14;1-3(6)5-2-4(7)8;1-4(2)3/h4-5,11,14,19,24H,2-3,6-10,12-13H2,1H3;2H2,1H3,(H,5,6)(H,7,8);4H,1-3H3. The summed E-state index contributed by atoms with van der Waals surface area (Å²) in [5.41, 5.74) is 1.26. The van der Waals surface area contributed by atoms with E-state index in [4.69, 9.17) is 9.84 Å². The third kappa shape index (κ3) is 6.71. The van der Waals surface area contributed by atoms with Gasteiger partial charge in [0, 0.05) is 37.8 Å². The fourth-order valence-electron chi connectivity index (χ4n) is 6.06. The number of aliphatic carboxylic acids is 1. The Hall–Kier alpha value is -2.45. The molecule has 5 rings (SSSR count). The van der Waals surface area contributed by atoms with E-state index in [1.807, 2.05) is 6.07 Å². The molecule has 2 bridgehead atoms. The minimum absolute atomic E-state index is 0.149. The number of hydrogen-bond donors (Lipinski definition) is 3. The zero-order valence-corrected chi connectivity index (χ0v) is 23.0. The molecule has 1 aliphatic heterocycles. The summed E-state index contributed by atoms with van der Waals surface area (Å²) >= 11 is 0. The van der Waals surface area contributed by atoms with Crippen molar-refractivity contribution in [3.63, 3.8) is 0 Å². The number of ketones is 1. The highest BCUT2D eigenvalue weighted by molar-refractivity contribution is 5.82. The third-order valence-electron chi connectivity index (χ3n) is 7.85. The zero-order chi connectivity index (χ0) is 27.4.